The Balaban J connectivity index is 2.37. The van der Waals surface area contributed by atoms with E-state index in [1.807, 2.05) is 12.1 Å². The Labute approximate surface area is 118 Å². The van der Waals surface area contributed by atoms with Crippen molar-refractivity contribution in [2.24, 2.45) is 0 Å². The molecule has 4 nitrogen and oxygen atoms in total. The zero-order valence-electron chi connectivity index (χ0n) is 10.7. The molecule has 0 atom stereocenters. The highest BCUT2D eigenvalue weighted by Gasteiger charge is 2.17. The van der Waals surface area contributed by atoms with E-state index in [0.29, 0.717) is 16.6 Å². The second kappa shape index (κ2) is 4.61. The van der Waals surface area contributed by atoms with Crippen molar-refractivity contribution in [3.8, 4) is 5.69 Å². The van der Waals surface area contributed by atoms with Crippen molar-refractivity contribution < 1.29 is 9.90 Å². The molecule has 0 spiro atoms. The lowest BCUT2D eigenvalue weighted by atomic mass is 10.1. The van der Waals surface area contributed by atoms with Crippen LogP contribution in [0, 0.1) is 6.92 Å². The SMILES string of the molecule is Cc1cccc(-n2sc3ccccc3c2=O)c1C(=O)O. The largest absolute Gasteiger partial charge is 0.478 e. The highest BCUT2D eigenvalue weighted by atomic mass is 32.1. The Hall–Kier alpha value is -2.40. The topological polar surface area (TPSA) is 59.3 Å². The highest BCUT2D eigenvalue weighted by Crippen LogP contribution is 2.24. The molecule has 3 rings (SSSR count). The molecule has 0 amide bonds. The van der Waals surface area contributed by atoms with Crippen molar-refractivity contribution in [1.82, 2.24) is 3.96 Å². The fourth-order valence-electron chi connectivity index (χ4n) is 2.23. The third kappa shape index (κ3) is 1.83. The van der Waals surface area contributed by atoms with Crippen molar-refractivity contribution >= 4 is 27.6 Å². The molecular weight excluding hydrogens is 274 g/mol. The molecule has 0 saturated heterocycles. The Bertz CT molecular complexity index is 876. The number of carboxylic acid groups (broad SMARTS) is 1. The van der Waals surface area contributed by atoms with Crippen molar-refractivity contribution in [2.75, 3.05) is 0 Å². The first-order valence-electron chi connectivity index (χ1n) is 6.04. The average molecular weight is 285 g/mol. The molecule has 1 aromatic heterocycles. The number of rotatable bonds is 2. The second-order valence-corrected chi connectivity index (χ2v) is 5.45. The van der Waals surface area contributed by atoms with Gasteiger partial charge in [-0.05, 0) is 30.7 Å². The minimum Gasteiger partial charge on any atom is -0.478 e. The summed E-state index contributed by atoms with van der Waals surface area (Å²) in [5.41, 5.74) is 1.04. The van der Waals surface area contributed by atoms with Crippen LogP contribution in [-0.4, -0.2) is 15.0 Å². The lowest BCUT2D eigenvalue weighted by Gasteiger charge is -2.07. The van der Waals surface area contributed by atoms with Crippen LogP contribution in [0.4, 0.5) is 0 Å². The minimum absolute atomic E-state index is 0.168. The van der Waals surface area contributed by atoms with Crippen molar-refractivity contribution in [1.29, 1.82) is 0 Å². The Kier molecular flexibility index (Phi) is 2.91. The van der Waals surface area contributed by atoms with E-state index in [9.17, 15) is 14.7 Å². The molecule has 0 aliphatic carbocycles. The number of benzene rings is 2. The number of hydrogen-bond acceptors (Lipinski definition) is 3. The molecule has 1 N–H and O–H groups in total. The van der Waals surface area contributed by atoms with E-state index in [1.54, 1.807) is 37.3 Å². The number of aryl methyl sites for hydroxylation is 1. The lowest BCUT2D eigenvalue weighted by molar-refractivity contribution is 0.0696. The number of aromatic carboxylic acids is 1. The second-order valence-electron chi connectivity index (χ2n) is 4.46. The molecule has 5 heteroatoms. The summed E-state index contributed by atoms with van der Waals surface area (Å²) in [6.07, 6.45) is 0. The fraction of sp³-hybridized carbons (Fsp3) is 0.0667. The maximum absolute atomic E-state index is 12.4. The zero-order valence-corrected chi connectivity index (χ0v) is 11.5. The summed E-state index contributed by atoms with van der Waals surface area (Å²) in [6.45, 7) is 1.73. The van der Waals surface area contributed by atoms with E-state index in [2.05, 4.69) is 0 Å². The molecular formula is C15H11NO3S. The molecule has 0 fully saturated rings. The number of carbonyl (C=O) groups is 1. The van der Waals surface area contributed by atoms with Gasteiger partial charge in [0.2, 0.25) is 0 Å². The van der Waals surface area contributed by atoms with E-state index >= 15 is 0 Å². The molecule has 0 bridgehead atoms. The van der Waals surface area contributed by atoms with Gasteiger partial charge in [0.25, 0.3) is 5.56 Å². The molecule has 0 saturated carbocycles. The first-order chi connectivity index (χ1) is 9.59. The number of carboxylic acids is 1. The van der Waals surface area contributed by atoms with Crippen molar-refractivity contribution in [2.45, 2.75) is 6.92 Å². The summed E-state index contributed by atoms with van der Waals surface area (Å²) in [5, 5.41) is 9.97. The average Bonchev–Trinajstić information content (AvgIpc) is 2.76. The smallest absolute Gasteiger partial charge is 0.338 e. The van der Waals surface area contributed by atoms with Crippen LogP contribution in [-0.2, 0) is 0 Å². The summed E-state index contributed by atoms with van der Waals surface area (Å²) >= 11 is 1.26. The quantitative estimate of drug-likeness (QED) is 0.787. The van der Waals surface area contributed by atoms with Gasteiger partial charge in [-0.1, -0.05) is 35.8 Å². The first-order valence-corrected chi connectivity index (χ1v) is 6.81. The maximum atomic E-state index is 12.4. The van der Waals surface area contributed by atoms with Crippen LogP contribution in [0.1, 0.15) is 15.9 Å². The van der Waals surface area contributed by atoms with Crippen LogP contribution in [0.3, 0.4) is 0 Å². The molecule has 2 aromatic carbocycles. The summed E-state index contributed by atoms with van der Waals surface area (Å²) in [6, 6.07) is 12.4. The maximum Gasteiger partial charge on any atom is 0.338 e. The van der Waals surface area contributed by atoms with Gasteiger partial charge in [-0.25, -0.2) is 8.75 Å². The third-order valence-electron chi connectivity index (χ3n) is 3.18. The zero-order chi connectivity index (χ0) is 14.3. The van der Waals surface area contributed by atoms with Gasteiger partial charge in [-0.3, -0.25) is 4.79 Å². The number of nitrogens with zero attached hydrogens (tertiary/aromatic N) is 1. The van der Waals surface area contributed by atoms with Gasteiger partial charge in [0.15, 0.2) is 0 Å². The van der Waals surface area contributed by atoms with E-state index in [4.69, 9.17) is 0 Å². The van der Waals surface area contributed by atoms with Crippen molar-refractivity contribution in [3.05, 3.63) is 63.9 Å². The van der Waals surface area contributed by atoms with Crippen LogP contribution in [0.2, 0.25) is 0 Å². The molecule has 3 aromatic rings. The van der Waals surface area contributed by atoms with Crippen LogP contribution >= 0.6 is 11.5 Å². The number of aromatic nitrogens is 1. The van der Waals surface area contributed by atoms with Crippen LogP contribution in [0.5, 0.6) is 0 Å². The Morgan fingerprint density at radius 3 is 2.60 bits per heavy atom. The Morgan fingerprint density at radius 1 is 1.15 bits per heavy atom. The summed E-state index contributed by atoms with van der Waals surface area (Å²) in [4.78, 5) is 23.8. The summed E-state index contributed by atoms with van der Waals surface area (Å²) in [5.74, 6) is -1.03. The van der Waals surface area contributed by atoms with Crippen LogP contribution < -0.4 is 5.56 Å². The van der Waals surface area contributed by atoms with Gasteiger partial charge >= 0.3 is 5.97 Å². The summed E-state index contributed by atoms with van der Waals surface area (Å²) in [7, 11) is 0. The van der Waals surface area contributed by atoms with E-state index in [1.165, 1.54) is 15.5 Å². The number of fused-ring (bicyclic) bond motifs is 1. The van der Waals surface area contributed by atoms with E-state index < -0.39 is 5.97 Å². The van der Waals surface area contributed by atoms with Crippen LogP contribution in [0.25, 0.3) is 15.8 Å². The third-order valence-corrected chi connectivity index (χ3v) is 4.27. The normalized spacial score (nSPS) is 10.8. The fourth-order valence-corrected chi connectivity index (χ4v) is 3.25. The molecule has 0 aliphatic rings. The molecule has 1 heterocycles. The van der Waals surface area contributed by atoms with Gasteiger partial charge < -0.3 is 5.11 Å². The lowest BCUT2D eigenvalue weighted by Crippen LogP contribution is -2.15. The molecule has 0 unspecified atom stereocenters. The predicted octanol–water partition coefficient (Wildman–Crippen LogP) is 3.06. The molecule has 20 heavy (non-hydrogen) atoms. The van der Waals surface area contributed by atoms with E-state index in [-0.39, 0.29) is 11.1 Å². The standard InChI is InChI=1S/C15H11NO3S/c1-9-5-4-7-11(13(9)15(18)19)16-14(17)10-6-2-3-8-12(10)20-16/h2-8H,1H3,(H,18,19). The van der Waals surface area contributed by atoms with Gasteiger partial charge in [0.05, 0.1) is 21.3 Å². The van der Waals surface area contributed by atoms with Gasteiger partial charge in [0.1, 0.15) is 0 Å². The summed E-state index contributed by atoms with van der Waals surface area (Å²) < 4.78 is 2.29. The van der Waals surface area contributed by atoms with E-state index in [0.717, 1.165) is 4.70 Å². The minimum atomic E-state index is -1.03. The first kappa shape index (κ1) is 12.6. The number of hydrogen-bond donors (Lipinski definition) is 1. The molecule has 100 valence electrons. The van der Waals surface area contributed by atoms with Gasteiger partial charge in [0, 0.05) is 0 Å². The molecule has 0 radical (unpaired) electrons. The van der Waals surface area contributed by atoms with Gasteiger partial charge in [-0.2, -0.15) is 0 Å². The molecule has 0 aliphatic heterocycles. The highest BCUT2D eigenvalue weighted by molar-refractivity contribution is 7.14. The Morgan fingerprint density at radius 2 is 1.90 bits per heavy atom. The van der Waals surface area contributed by atoms with Crippen molar-refractivity contribution in [3.63, 3.8) is 0 Å². The predicted molar refractivity (Wildman–Crippen MR) is 79.1 cm³/mol. The van der Waals surface area contributed by atoms with Gasteiger partial charge in [-0.15, -0.1) is 0 Å². The van der Waals surface area contributed by atoms with Crippen LogP contribution in [0.15, 0.2) is 47.3 Å². The monoisotopic (exact) mass is 285 g/mol.